The highest BCUT2D eigenvalue weighted by Gasteiger charge is 2.15. The molecule has 2 N–H and O–H groups in total. The third-order valence-electron chi connectivity index (χ3n) is 2.47. The standard InChI is InChI=1S/C13H15IN2O3/c1-3-7-16(4-2)13(19)15-11-6-5-9(14)8-10(11)12(17)18/h3,5-6,8H,1,4,7H2,2H3,(H,15,19)(H,17,18). The van der Waals surface area contributed by atoms with Gasteiger partial charge in [-0.1, -0.05) is 6.08 Å². The van der Waals surface area contributed by atoms with E-state index in [9.17, 15) is 9.59 Å². The molecule has 0 aliphatic carbocycles. The van der Waals surface area contributed by atoms with Gasteiger partial charge >= 0.3 is 12.0 Å². The highest BCUT2D eigenvalue weighted by Crippen LogP contribution is 2.19. The summed E-state index contributed by atoms with van der Waals surface area (Å²) in [5.74, 6) is -1.07. The van der Waals surface area contributed by atoms with E-state index in [0.29, 0.717) is 18.8 Å². The average Bonchev–Trinajstić information content (AvgIpc) is 2.37. The van der Waals surface area contributed by atoms with Crippen LogP contribution < -0.4 is 5.32 Å². The Kier molecular flexibility index (Phi) is 5.81. The quantitative estimate of drug-likeness (QED) is 0.615. The number of nitrogens with zero attached hydrogens (tertiary/aromatic N) is 1. The number of likely N-dealkylation sites (N-methyl/N-ethyl adjacent to an activating group) is 1. The van der Waals surface area contributed by atoms with Crippen molar-refractivity contribution in [3.05, 3.63) is 40.0 Å². The summed E-state index contributed by atoms with van der Waals surface area (Å²) < 4.78 is 0.798. The predicted octanol–water partition coefficient (Wildman–Crippen LogP) is 3.03. The summed E-state index contributed by atoms with van der Waals surface area (Å²) in [7, 11) is 0. The number of amides is 2. The maximum atomic E-state index is 12.0. The van der Waals surface area contributed by atoms with Gasteiger partial charge in [0.25, 0.3) is 0 Å². The highest BCUT2D eigenvalue weighted by molar-refractivity contribution is 14.1. The molecule has 102 valence electrons. The van der Waals surface area contributed by atoms with Crippen LogP contribution >= 0.6 is 22.6 Å². The summed E-state index contributed by atoms with van der Waals surface area (Å²) >= 11 is 2.02. The van der Waals surface area contributed by atoms with Crippen LogP contribution in [0.4, 0.5) is 10.5 Å². The van der Waals surface area contributed by atoms with Gasteiger partial charge in [0, 0.05) is 16.7 Å². The highest BCUT2D eigenvalue weighted by atomic mass is 127. The monoisotopic (exact) mass is 374 g/mol. The molecular weight excluding hydrogens is 359 g/mol. The van der Waals surface area contributed by atoms with Crippen LogP contribution in [0.5, 0.6) is 0 Å². The van der Waals surface area contributed by atoms with E-state index in [1.54, 1.807) is 18.2 Å². The Bertz CT molecular complexity index is 503. The van der Waals surface area contributed by atoms with E-state index in [1.807, 2.05) is 29.5 Å². The van der Waals surface area contributed by atoms with Gasteiger partial charge < -0.3 is 15.3 Å². The van der Waals surface area contributed by atoms with Crippen LogP contribution in [-0.2, 0) is 0 Å². The molecule has 0 bridgehead atoms. The zero-order chi connectivity index (χ0) is 14.4. The lowest BCUT2D eigenvalue weighted by atomic mass is 10.2. The lowest BCUT2D eigenvalue weighted by molar-refractivity contribution is 0.0698. The molecule has 0 unspecified atom stereocenters. The van der Waals surface area contributed by atoms with E-state index in [0.717, 1.165) is 3.57 Å². The molecule has 1 aromatic rings. The number of hydrogen-bond donors (Lipinski definition) is 2. The van der Waals surface area contributed by atoms with E-state index in [4.69, 9.17) is 5.11 Å². The number of anilines is 1. The predicted molar refractivity (Wildman–Crippen MR) is 82.6 cm³/mol. The summed E-state index contributed by atoms with van der Waals surface area (Å²) in [6.07, 6.45) is 1.62. The number of carboxylic acids is 1. The van der Waals surface area contributed by atoms with Crippen molar-refractivity contribution in [2.24, 2.45) is 0 Å². The minimum absolute atomic E-state index is 0.0786. The van der Waals surface area contributed by atoms with Gasteiger partial charge in [-0.25, -0.2) is 9.59 Å². The molecule has 1 aromatic carbocycles. The summed E-state index contributed by atoms with van der Waals surface area (Å²) in [6, 6.07) is 4.51. The van der Waals surface area contributed by atoms with E-state index < -0.39 is 5.97 Å². The Morgan fingerprint density at radius 1 is 1.53 bits per heavy atom. The third-order valence-corrected chi connectivity index (χ3v) is 3.14. The van der Waals surface area contributed by atoms with E-state index in [-0.39, 0.29) is 11.6 Å². The van der Waals surface area contributed by atoms with Gasteiger partial charge in [0.15, 0.2) is 0 Å². The molecule has 0 spiro atoms. The summed E-state index contributed by atoms with van der Waals surface area (Å²) in [5.41, 5.74) is 0.371. The number of nitrogens with one attached hydrogen (secondary N) is 1. The second-order valence-corrected chi connectivity index (χ2v) is 5.00. The molecule has 0 aromatic heterocycles. The number of urea groups is 1. The number of aromatic carboxylic acids is 1. The fraction of sp³-hybridized carbons (Fsp3) is 0.231. The number of halogens is 1. The number of rotatable bonds is 5. The van der Waals surface area contributed by atoms with Gasteiger partial charge in [-0.3, -0.25) is 0 Å². The van der Waals surface area contributed by atoms with Gasteiger partial charge in [0.05, 0.1) is 11.3 Å². The van der Waals surface area contributed by atoms with Crippen LogP contribution in [0.1, 0.15) is 17.3 Å². The van der Waals surface area contributed by atoms with Crippen molar-refractivity contribution in [2.75, 3.05) is 18.4 Å². The van der Waals surface area contributed by atoms with Gasteiger partial charge in [0.1, 0.15) is 0 Å². The van der Waals surface area contributed by atoms with E-state index in [1.165, 1.54) is 11.0 Å². The smallest absolute Gasteiger partial charge is 0.337 e. The second kappa shape index (κ2) is 7.13. The molecule has 0 radical (unpaired) electrons. The zero-order valence-electron chi connectivity index (χ0n) is 10.5. The molecule has 0 fully saturated rings. The molecule has 0 heterocycles. The summed E-state index contributed by atoms with van der Waals surface area (Å²) in [6.45, 7) is 6.35. The first kappa shape index (κ1) is 15.5. The molecule has 0 aliphatic rings. The van der Waals surface area contributed by atoms with Crippen LogP contribution in [0.3, 0.4) is 0 Å². The van der Waals surface area contributed by atoms with Crippen LogP contribution in [-0.4, -0.2) is 35.1 Å². The number of carbonyl (C=O) groups excluding carboxylic acids is 1. The van der Waals surface area contributed by atoms with Gasteiger partial charge in [-0.15, -0.1) is 6.58 Å². The lowest BCUT2D eigenvalue weighted by Gasteiger charge is -2.20. The van der Waals surface area contributed by atoms with Crippen molar-refractivity contribution in [1.82, 2.24) is 4.90 Å². The Hall–Kier alpha value is -1.57. The number of carbonyl (C=O) groups is 2. The normalized spacial score (nSPS) is 9.79. The van der Waals surface area contributed by atoms with Crippen LogP contribution in [0.25, 0.3) is 0 Å². The molecule has 0 saturated carbocycles. The van der Waals surface area contributed by atoms with Crippen molar-refractivity contribution in [3.63, 3.8) is 0 Å². The summed E-state index contributed by atoms with van der Waals surface area (Å²) in [5, 5.41) is 11.7. The van der Waals surface area contributed by atoms with Crippen molar-refractivity contribution >= 4 is 40.3 Å². The molecule has 0 aliphatic heterocycles. The number of benzene rings is 1. The van der Waals surface area contributed by atoms with Gasteiger partial charge in [0.2, 0.25) is 0 Å². The topological polar surface area (TPSA) is 69.6 Å². The minimum atomic E-state index is -1.07. The number of hydrogen-bond acceptors (Lipinski definition) is 2. The Labute approximate surface area is 125 Å². The zero-order valence-corrected chi connectivity index (χ0v) is 12.7. The molecular formula is C13H15IN2O3. The average molecular weight is 374 g/mol. The van der Waals surface area contributed by atoms with Crippen LogP contribution in [0.2, 0.25) is 0 Å². The third kappa shape index (κ3) is 4.23. The largest absolute Gasteiger partial charge is 0.478 e. The fourth-order valence-electron chi connectivity index (χ4n) is 1.51. The molecule has 0 saturated heterocycles. The maximum absolute atomic E-state index is 12.0. The van der Waals surface area contributed by atoms with Crippen molar-refractivity contribution < 1.29 is 14.7 Å². The first-order chi connectivity index (χ1) is 8.99. The lowest BCUT2D eigenvalue weighted by Crippen LogP contribution is -2.35. The van der Waals surface area contributed by atoms with Crippen molar-refractivity contribution in [2.45, 2.75) is 6.92 Å². The molecule has 2 amide bonds. The van der Waals surface area contributed by atoms with Gasteiger partial charge in [-0.2, -0.15) is 0 Å². The fourth-order valence-corrected chi connectivity index (χ4v) is 2.00. The van der Waals surface area contributed by atoms with E-state index >= 15 is 0 Å². The SMILES string of the molecule is C=CCN(CC)C(=O)Nc1ccc(I)cc1C(=O)O. The minimum Gasteiger partial charge on any atom is -0.478 e. The second-order valence-electron chi connectivity index (χ2n) is 3.75. The van der Waals surface area contributed by atoms with E-state index in [2.05, 4.69) is 11.9 Å². The molecule has 1 rings (SSSR count). The Morgan fingerprint density at radius 3 is 2.74 bits per heavy atom. The molecule has 5 nitrogen and oxygen atoms in total. The number of carboxylic acid groups (broad SMARTS) is 1. The van der Waals surface area contributed by atoms with Gasteiger partial charge in [-0.05, 0) is 47.7 Å². The Morgan fingerprint density at radius 2 is 2.21 bits per heavy atom. The van der Waals surface area contributed by atoms with Crippen LogP contribution in [0.15, 0.2) is 30.9 Å². The summed E-state index contributed by atoms with van der Waals surface area (Å²) in [4.78, 5) is 24.6. The maximum Gasteiger partial charge on any atom is 0.337 e. The Balaban J connectivity index is 2.95. The van der Waals surface area contributed by atoms with Crippen molar-refractivity contribution in [3.8, 4) is 0 Å². The van der Waals surface area contributed by atoms with Crippen molar-refractivity contribution in [1.29, 1.82) is 0 Å². The molecule has 19 heavy (non-hydrogen) atoms. The first-order valence-electron chi connectivity index (χ1n) is 5.69. The van der Waals surface area contributed by atoms with Crippen LogP contribution in [0, 0.1) is 3.57 Å². The first-order valence-corrected chi connectivity index (χ1v) is 6.77. The molecule has 6 heteroatoms. The molecule has 0 atom stereocenters.